The molecule has 0 saturated carbocycles. The SMILES string of the molecule is [O-][n+]1c(-c2ccccc2)cnn1-c1ccccc1. The second-order valence-electron chi connectivity index (χ2n) is 3.89. The number of rotatable bonds is 2. The molecule has 0 fully saturated rings. The molecule has 0 N–H and O–H groups in total. The third-order valence-electron chi connectivity index (χ3n) is 2.72. The van der Waals surface area contributed by atoms with Crippen LogP contribution in [-0.2, 0) is 0 Å². The number of para-hydroxylation sites is 1. The van der Waals surface area contributed by atoms with E-state index in [4.69, 9.17) is 0 Å². The second kappa shape index (κ2) is 4.33. The summed E-state index contributed by atoms with van der Waals surface area (Å²) in [5, 5.41) is 16.3. The van der Waals surface area contributed by atoms with Gasteiger partial charge in [-0.15, -0.1) is 4.85 Å². The van der Waals surface area contributed by atoms with Crippen LogP contribution in [0.25, 0.3) is 16.9 Å². The molecular weight excluding hydrogens is 226 g/mol. The summed E-state index contributed by atoms with van der Waals surface area (Å²) >= 11 is 0. The minimum absolute atomic E-state index is 0.541. The average molecular weight is 237 g/mol. The molecule has 3 rings (SSSR count). The molecule has 0 aliphatic carbocycles. The Kier molecular flexibility index (Phi) is 2.53. The van der Waals surface area contributed by atoms with Gasteiger partial charge in [-0.25, -0.2) is 0 Å². The Labute approximate surface area is 104 Å². The lowest BCUT2D eigenvalue weighted by Crippen LogP contribution is -2.38. The summed E-state index contributed by atoms with van der Waals surface area (Å²) in [4.78, 5) is 2.13. The first-order chi connectivity index (χ1) is 8.86. The van der Waals surface area contributed by atoms with E-state index in [-0.39, 0.29) is 0 Å². The van der Waals surface area contributed by atoms with Crippen LogP contribution >= 0.6 is 0 Å². The molecular formula is C14H11N3O. The maximum Gasteiger partial charge on any atom is 0.215 e. The van der Waals surface area contributed by atoms with Gasteiger partial charge < -0.3 is 5.21 Å². The van der Waals surface area contributed by atoms with Crippen molar-refractivity contribution < 1.29 is 4.85 Å². The van der Waals surface area contributed by atoms with E-state index in [1.54, 1.807) is 6.20 Å². The minimum atomic E-state index is 0.541. The summed E-state index contributed by atoms with van der Waals surface area (Å²) in [6.45, 7) is 0. The van der Waals surface area contributed by atoms with Gasteiger partial charge in [0, 0.05) is 10.7 Å². The molecule has 3 aromatic rings. The lowest BCUT2D eigenvalue weighted by Gasteiger charge is -2.06. The maximum atomic E-state index is 12.2. The van der Waals surface area contributed by atoms with E-state index in [9.17, 15) is 5.21 Å². The predicted octanol–water partition coefficient (Wildman–Crippen LogP) is 2.17. The molecule has 1 heterocycles. The van der Waals surface area contributed by atoms with E-state index in [0.717, 1.165) is 16.1 Å². The van der Waals surface area contributed by atoms with E-state index >= 15 is 0 Å². The second-order valence-corrected chi connectivity index (χ2v) is 3.89. The Morgan fingerprint density at radius 1 is 0.889 bits per heavy atom. The van der Waals surface area contributed by atoms with Crippen molar-refractivity contribution in [2.75, 3.05) is 0 Å². The van der Waals surface area contributed by atoms with Crippen LogP contribution in [0, 0.1) is 5.21 Å². The van der Waals surface area contributed by atoms with Crippen LogP contribution in [0.3, 0.4) is 0 Å². The van der Waals surface area contributed by atoms with Crippen molar-refractivity contribution in [2.45, 2.75) is 0 Å². The topological polar surface area (TPSA) is 44.8 Å². The zero-order valence-electron chi connectivity index (χ0n) is 9.60. The first-order valence-corrected chi connectivity index (χ1v) is 5.65. The molecule has 4 heteroatoms. The average Bonchev–Trinajstić information content (AvgIpc) is 2.83. The molecule has 0 unspecified atom stereocenters. The minimum Gasteiger partial charge on any atom is -0.692 e. The smallest absolute Gasteiger partial charge is 0.215 e. The van der Waals surface area contributed by atoms with Gasteiger partial charge in [0.25, 0.3) is 0 Å². The van der Waals surface area contributed by atoms with Crippen LogP contribution in [0.1, 0.15) is 0 Å². The fourth-order valence-corrected chi connectivity index (χ4v) is 1.83. The Hall–Kier alpha value is -2.62. The lowest BCUT2D eigenvalue weighted by molar-refractivity contribution is -0.678. The van der Waals surface area contributed by atoms with Crippen molar-refractivity contribution in [3.63, 3.8) is 0 Å². The van der Waals surface area contributed by atoms with Gasteiger partial charge >= 0.3 is 0 Å². The third-order valence-corrected chi connectivity index (χ3v) is 2.72. The molecule has 0 aliphatic heterocycles. The summed E-state index contributed by atoms with van der Waals surface area (Å²) in [5.41, 5.74) is 2.14. The molecule has 2 aromatic carbocycles. The van der Waals surface area contributed by atoms with Crippen molar-refractivity contribution in [2.24, 2.45) is 0 Å². The molecule has 1 aromatic heterocycles. The highest BCUT2D eigenvalue weighted by atomic mass is 16.5. The van der Waals surface area contributed by atoms with E-state index in [2.05, 4.69) is 5.10 Å². The fraction of sp³-hybridized carbons (Fsp3) is 0. The molecule has 88 valence electrons. The predicted molar refractivity (Wildman–Crippen MR) is 68.0 cm³/mol. The van der Waals surface area contributed by atoms with E-state index in [0.29, 0.717) is 5.69 Å². The van der Waals surface area contributed by atoms with Crippen molar-refractivity contribution in [1.29, 1.82) is 0 Å². The molecule has 0 spiro atoms. The van der Waals surface area contributed by atoms with Gasteiger partial charge in [0.1, 0.15) is 5.69 Å². The molecule has 0 radical (unpaired) electrons. The summed E-state index contributed by atoms with van der Waals surface area (Å²) in [6, 6.07) is 18.8. The largest absolute Gasteiger partial charge is 0.692 e. The molecule has 4 nitrogen and oxygen atoms in total. The van der Waals surface area contributed by atoms with Crippen LogP contribution < -0.4 is 4.85 Å². The van der Waals surface area contributed by atoms with Gasteiger partial charge in [0.15, 0.2) is 0 Å². The van der Waals surface area contributed by atoms with Crippen LogP contribution in [-0.4, -0.2) is 9.90 Å². The molecule has 18 heavy (non-hydrogen) atoms. The van der Waals surface area contributed by atoms with Crippen LogP contribution in [0.2, 0.25) is 0 Å². The highest BCUT2D eigenvalue weighted by Crippen LogP contribution is 2.14. The van der Waals surface area contributed by atoms with Crippen molar-refractivity contribution in [1.82, 2.24) is 9.90 Å². The monoisotopic (exact) mass is 237 g/mol. The maximum absolute atomic E-state index is 12.2. The molecule has 0 bridgehead atoms. The van der Waals surface area contributed by atoms with E-state index in [1.165, 1.54) is 4.80 Å². The standard InChI is InChI=1S/C14H11N3O/c18-17-14(12-7-3-1-4-8-12)11-15-16(17)13-9-5-2-6-10-13/h1-11H. The Morgan fingerprint density at radius 3 is 2.17 bits per heavy atom. The van der Waals surface area contributed by atoms with E-state index in [1.807, 2.05) is 60.7 Å². The van der Waals surface area contributed by atoms with Gasteiger partial charge in [0.2, 0.25) is 11.9 Å². The molecule has 0 saturated heterocycles. The molecule has 0 aliphatic rings. The number of hydrogen-bond donors (Lipinski definition) is 0. The normalized spacial score (nSPS) is 10.4. The number of nitrogens with zero attached hydrogens (tertiary/aromatic N) is 3. The number of benzene rings is 2. The van der Waals surface area contributed by atoms with Gasteiger partial charge in [-0.1, -0.05) is 48.5 Å². The first kappa shape index (κ1) is 10.5. The summed E-state index contributed by atoms with van der Waals surface area (Å²) in [7, 11) is 0. The quantitative estimate of drug-likeness (QED) is 0.506. The van der Waals surface area contributed by atoms with Crippen LogP contribution in [0.15, 0.2) is 66.9 Å². The van der Waals surface area contributed by atoms with Gasteiger partial charge in [0.05, 0.1) is 0 Å². The summed E-state index contributed by atoms with van der Waals surface area (Å²) in [6.07, 6.45) is 1.58. The Morgan fingerprint density at radius 2 is 1.50 bits per heavy atom. The van der Waals surface area contributed by atoms with Crippen molar-refractivity contribution in [3.05, 3.63) is 72.1 Å². The van der Waals surface area contributed by atoms with Gasteiger partial charge in [-0.05, 0) is 16.9 Å². The first-order valence-electron chi connectivity index (χ1n) is 5.65. The lowest BCUT2D eigenvalue weighted by atomic mass is 10.2. The molecule has 0 amide bonds. The third kappa shape index (κ3) is 1.73. The van der Waals surface area contributed by atoms with E-state index < -0.39 is 0 Å². The number of hydrogen-bond acceptors (Lipinski definition) is 2. The fourth-order valence-electron chi connectivity index (χ4n) is 1.83. The van der Waals surface area contributed by atoms with Crippen LogP contribution in [0.4, 0.5) is 0 Å². The number of aromatic nitrogens is 3. The van der Waals surface area contributed by atoms with Crippen molar-refractivity contribution >= 4 is 0 Å². The Bertz CT molecular complexity index is 590. The zero-order valence-corrected chi connectivity index (χ0v) is 9.60. The Balaban J connectivity index is 2.09. The van der Waals surface area contributed by atoms with Gasteiger partial charge in [-0.3, -0.25) is 0 Å². The van der Waals surface area contributed by atoms with Crippen LogP contribution in [0.5, 0.6) is 0 Å². The highest BCUT2D eigenvalue weighted by Gasteiger charge is 2.14. The summed E-state index contributed by atoms with van der Waals surface area (Å²) in [5.74, 6) is 0. The zero-order chi connectivity index (χ0) is 12.4. The highest BCUT2D eigenvalue weighted by molar-refractivity contribution is 5.54. The molecule has 0 atom stereocenters. The van der Waals surface area contributed by atoms with Crippen molar-refractivity contribution in [3.8, 4) is 16.9 Å². The van der Waals surface area contributed by atoms with Gasteiger partial charge in [-0.2, -0.15) is 0 Å². The summed E-state index contributed by atoms with van der Waals surface area (Å²) < 4.78 is 0.